The summed E-state index contributed by atoms with van der Waals surface area (Å²) in [5, 5.41) is 14.1. The van der Waals surface area contributed by atoms with Crippen molar-refractivity contribution in [2.75, 3.05) is 13.2 Å². The summed E-state index contributed by atoms with van der Waals surface area (Å²) in [4.78, 5) is 22.2. The van der Waals surface area contributed by atoms with Gasteiger partial charge in [-0.1, -0.05) is 0 Å². The van der Waals surface area contributed by atoms with Gasteiger partial charge in [-0.2, -0.15) is 0 Å². The van der Waals surface area contributed by atoms with Crippen LogP contribution in [0.25, 0.3) is 0 Å². The minimum atomic E-state index is -0.868. The Bertz CT molecular complexity index is 314. The van der Waals surface area contributed by atoms with Crippen LogP contribution >= 0.6 is 0 Å². The molecule has 0 aromatic rings. The minimum absolute atomic E-state index is 0.0255. The predicted octanol–water partition coefficient (Wildman–Crippen LogP) is 1.74. The lowest BCUT2D eigenvalue weighted by Crippen LogP contribution is -2.51. The van der Waals surface area contributed by atoms with Gasteiger partial charge in [0.25, 0.3) is 0 Å². The molecule has 0 saturated carbocycles. The SMILES string of the molecule is CCOC(C)(C)CNC(=O)NC(C)(C)CCC(=O)O. The van der Waals surface area contributed by atoms with Gasteiger partial charge in [-0.25, -0.2) is 4.79 Å². The van der Waals surface area contributed by atoms with E-state index >= 15 is 0 Å². The number of hydrogen-bond acceptors (Lipinski definition) is 3. The minimum Gasteiger partial charge on any atom is -0.481 e. The third-order valence-corrected chi connectivity index (χ3v) is 2.63. The van der Waals surface area contributed by atoms with E-state index in [9.17, 15) is 9.59 Å². The molecule has 6 nitrogen and oxygen atoms in total. The Balaban J connectivity index is 4.12. The second kappa shape index (κ2) is 7.33. The molecule has 0 saturated heterocycles. The maximum Gasteiger partial charge on any atom is 0.315 e. The zero-order valence-electron chi connectivity index (χ0n) is 12.5. The van der Waals surface area contributed by atoms with E-state index in [1.807, 2.05) is 20.8 Å². The van der Waals surface area contributed by atoms with E-state index in [0.717, 1.165) is 0 Å². The third kappa shape index (κ3) is 9.30. The van der Waals surface area contributed by atoms with Gasteiger partial charge in [-0.05, 0) is 41.0 Å². The van der Waals surface area contributed by atoms with Crippen LogP contribution in [0.4, 0.5) is 4.79 Å². The molecule has 0 unspecified atom stereocenters. The van der Waals surface area contributed by atoms with Crippen molar-refractivity contribution in [2.24, 2.45) is 0 Å². The molecule has 0 aliphatic heterocycles. The highest BCUT2D eigenvalue weighted by atomic mass is 16.5. The van der Waals surface area contributed by atoms with Gasteiger partial charge in [-0.3, -0.25) is 4.79 Å². The molecule has 112 valence electrons. The van der Waals surface area contributed by atoms with Crippen LogP contribution in [-0.2, 0) is 9.53 Å². The van der Waals surface area contributed by atoms with Gasteiger partial charge >= 0.3 is 12.0 Å². The number of hydrogen-bond donors (Lipinski definition) is 3. The Morgan fingerprint density at radius 3 is 2.26 bits per heavy atom. The molecule has 0 rings (SSSR count). The molecule has 0 aromatic heterocycles. The van der Waals surface area contributed by atoms with E-state index in [4.69, 9.17) is 9.84 Å². The first kappa shape index (κ1) is 17.7. The van der Waals surface area contributed by atoms with Crippen LogP contribution in [0, 0.1) is 0 Å². The molecule has 0 bridgehead atoms. The Labute approximate surface area is 114 Å². The molecule has 19 heavy (non-hydrogen) atoms. The number of aliphatic carboxylic acids is 1. The first-order chi connectivity index (χ1) is 8.58. The van der Waals surface area contributed by atoms with Gasteiger partial charge in [0.2, 0.25) is 0 Å². The van der Waals surface area contributed by atoms with Gasteiger partial charge in [0.15, 0.2) is 0 Å². The normalized spacial score (nSPS) is 12.1. The molecule has 0 aliphatic carbocycles. The maximum absolute atomic E-state index is 11.7. The van der Waals surface area contributed by atoms with E-state index in [1.165, 1.54) is 0 Å². The molecule has 0 fully saturated rings. The average Bonchev–Trinajstić information content (AvgIpc) is 2.23. The van der Waals surface area contributed by atoms with Crippen molar-refractivity contribution in [3.05, 3.63) is 0 Å². The van der Waals surface area contributed by atoms with E-state index < -0.39 is 17.1 Å². The van der Waals surface area contributed by atoms with Gasteiger partial charge in [0, 0.05) is 25.1 Å². The maximum atomic E-state index is 11.7. The van der Waals surface area contributed by atoms with Crippen molar-refractivity contribution >= 4 is 12.0 Å². The monoisotopic (exact) mass is 274 g/mol. The fourth-order valence-electron chi connectivity index (χ4n) is 1.57. The summed E-state index contributed by atoms with van der Waals surface area (Å²) in [6.07, 6.45) is 0.405. The van der Waals surface area contributed by atoms with Crippen molar-refractivity contribution in [2.45, 2.75) is 58.6 Å². The highest BCUT2D eigenvalue weighted by Crippen LogP contribution is 2.11. The van der Waals surface area contributed by atoms with Crippen LogP contribution in [0.15, 0.2) is 0 Å². The van der Waals surface area contributed by atoms with Crippen LogP contribution in [0.1, 0.15) is 47.5 Å². The van der Waals surface area contributed by atoms with Gasteiger partial charge in [-0.15, -0.1) is 0 Å². The average molecular weight is 274 g/mol. The van der Waals surface area contributed by atoms with Crippen LogP contribution < -0.4 is 10.6 Å². The summed E-state index contributed by atoms with van der Waals surface area (Å²) in [6, 6.07) is -0.317. The molecular weight excluding hydrogens is 248 g/mol. The third-order valence-electron chi connectivity index (χ3n) is 2.63. The highest BCUT2D eigenvalue weighted by Gasteiger charge is 2.23. The Kier molecular flexibility index (Phi) is 6.83. The lowest BCUT2D eigenvalue weighted by molar-refractivity contribution is -0.137. The summed E-state index contributed by atoms with van der Waals surface area (Å²) in [7, 11) is 0. The topological polar surface area (TPSA) is 87.7 Å². The Morgan fingerprint density at radius 1 is 1.21 bits per heavy atom. The number of carboxylic acid groups (broad SMARTS) is 1. The number of carboxylic acids is 1. The van der Waals surface area contributed by atoms with Gasteiger partial charge < -0.3 is 20.5 Å². The van der Waals surface area contributed by atoms with E-state index in [-0.39, 0.29) is 12.5 Å². The second-order valence-corrected chi connectivity index (χ2v) is 5.78. The fourth-order valence-corrected chi connectivity index (χ4v) is 1.57. The standard InChI is InChI=1S/C13H26N2O4/c1-6-19-13(4,5)9-14-11(18)15-12(2,3)8-7-10(16)17/h6-9H2,1-5H3,(H,16,17)(H2,14,15,18). The van der Waals surface area contributed by atoms with E-state index in [1.54, 1.807) is 13.8 Å². The summed E-state index contributed by atoms with van der Waals surface area (Å²) < 4.78 is 5.47. The zero-order valence-corrected chi connectivity index (χ0v) is 12.5. The van der Waals surface area contributed by atoms with Crippen LogP contribution in [-0.4, -0.2) is 41.4 Å². The van der Waals surface area contributed by atoms with Crippen molar-refractivity contribution in [3.63, 3.8) is 0 Å². The predicted molar refractivity (Wildman–Crippen MR) is 73.2 cm³/mol. The largest absolute Gasteiger partial charge is 0.481 e. The molecular formula is C13H26N2O4. The molecule has 0 aromatic carbocycles. The molecule has 0 radical (unpaired) electrons. The molecule has 0 atom stereocenters. The van der Waals surface area contributed by atoms with E-state index in [0.29, 0.717) is 19.6 Å². The van der Waals surface area contributed by atoms with E-state index in [2.05, 4.69) is 10.6 Å². The quantitative estimate of drug-likeness (QED) is 0.629. The molecule has 0 spiro atoms. The number of carbonyl (C=O) groups excluding carboxylic acids is 1. The molecule has 0 aliphatic rings. The highest BCUT2D eigenvalue weighted by molar-refractivity contribution is 5.75. The first-order valence-electron chi connectivity index (χ1n) is 6.50. The summed E-state index contributed by atoms with van der Waals surface area (Å²) in [6.45, 7) is 10.3. The van der Waals surface area contributed by atoms with Crippen molar-refractivity contribution in [1.82, 2.24) is 10.6 Å². The van der Waals surface area contributed by atoms with Crippen molar-refractivity contribution < 1.29 is 19.4 Å². The number of nitrogens with one attached hydrogen (secondary N) is 2. The molecule has 2 amide bonds. The second-order valence-electron chi connectivity index (χ2n) is 5.78. The Hall–Kier alpha value is -1.30. The van der Waals surface area contributed by atoms with Crippen molar-refractivity contribution in [1.29, 1.82) is 0 Å². The van der Waals surface area contributed by atoms with Crippen LogP contribution in [0.5, 0.6) is 0 Å². The van der Waals surface area contributed by atoms with Gasteiger partial charge in [0.1, 0.15) is 0 Å². The number of carbonyl (C=O) groups is 2. The number of rotatable bonds is 8. The number of amides is 2. The zero-order chi connectivity index (χ0) is 15.1. The Morgan fingerprint density at radius 2 is 1.79 bits per heavy atom. The smallest absolute Gasteiger partial charge is 0.315 e. The fraction of sp³-hybridized carbons (Fsp3) is 0.846. The van der Waals surface area contributed by atoms with Gasteiger partial charge in [0.05, 0.1) is 5.60 Å². The number of ether oxygens (including phenoxy) is 1. The number of urea groups is 1. The molecule has 0 heterocycles. The summed E-state index contributed by atoms with van der Waals surface area (Å²) in [5.74, 6) is -0.868. The summed E-state index contributed by atoms with van der Waals surface area (Å²) in [5.41, 5.74) is -0.977. The molecule has 6 heteroatoms. The summed E-state index contributed by atoms with van der Waals surface area (Å²) >= 11 is 0. The van der Waals surface area contributed by atoms with Crippen molar-refractivity contribution in [3.8, 4) is 0 Å². The van der Waals surface area contributed by atoms with Crippen LogP contribution in [0.2, 0.25) is 0 Å². The van der Waals surface area contributed by atoms with Crippen LogP contribution in [0.3, 0.4) is 0 Å². The first-order valence-corrected chi connectivity index (χ1v) is 6.50. The lowest BCUT2D eigenvalue weighted by Gasteiger charge is -2.28. The lowest BCUT2D eigenvalue weighted by atomic mass is 9.99. The molecule has 3 N–H and O–H groups in total.